The molecule has 3 heterocycles. The van der Waals surface area contributed by atoms with Gasteiger partial charge in [0, 0.05) is 28.9 Å². The first kappa shape index (κ1) is 20.4. The molecule has 0 saturated heterocycles. The average Bonchev–Trinajstić information content (AvgIpc) is 3.15. The number of hydrogen-bond donors (Lipinski definition) is 1. The number of aromatic nitrogens is 4. The number of halogens is 1. The van der Waals surface area contributed by atoms with Gasteiger partial charge in [-0.05, 0) is 43.2 Å². The second-order valence-electron chi connectivity index (χ2n) is 6.61. The number of carbonyl (C=O) groups excluding carboxylic acids is 1. The van der Waals surface area contributed by atoms with Crippen LogP contribution < -0.4 is 5.32 Å². The number of benzene rings is 1. The van der Waals surface area contributed by atoms with Gasteiger partial charge in [-0.25, -0.2) is 9.48 Å². The molecule has 2 aromatic heterocycles. The summed E-state index contributed by atoms with van der Waals surface area (Å²) in [5.74, 6) is 0.833. The predicted octanol–water partition coefficient (Wildman–Crippen LogP) is 4.47. The van der Waals surface area contributed by atoms with Gasteiger partial charge in [-0.3, -0.25) is 4.98 Å². The molecule has 0 spiro atoms. The smallest absolute Gasteiger partial charge is 0.338 e. The minimum absolute atomic E-state index is 0.293. The van der Waals surface area contributed by atoms with E-state index in [0.29, 0.717) is 39.8 Å². The minimum atomic E-state index is -0.453. The van der Waals surface area contributed by atoms with Crippen LogP contribution in [0.25, 0.3) is 0 Å². The van der Waals surface area contributed by atoms with E-state index in [9.17, 15) is 4.79 Å². The maximum absolute atomic E-state index is 12.7. The number of nitrogens with one attached hydrogen (secondary N) is 1. The number of pyridine rings is 1. The first-order chi connectivity index (χ1) is 14.6. The third kappa shape index (κ3) is 4.06. The molecule has 0 bridgehead atoms. The summed E-state index contributed by atoms with van der Waals surface area (Å²) in [7, 11) is 0. The molecule has 0 radical (unpaired) electrons. The zero-order valence-electron chi connectivity index (χ0n) is 16.5. The minimum Gasteiger partial charge on any atom is -0.463 e. The first-order valence-electron chi connectivity index (χ1n) is 9.46. The van der Waals surface area contributed by atoms with Gasteiger partial charge >= 0.3 is 5.97 Å². The van der Waals surface area contributed by atoms with Crippen molar-refractivity contribution in [2.75, 3.05) is 11.9 Å². The van der Waals surface area contributed by atoms with E-state index in [1.807, 2.05) is 43.3 Å². The zero-order valence-corrected chi connectivity index (χ0v) is 18.1. The molecule has 154 valence electrons. The Bertz CT molecular complexity index is 1100. The molecule has 9 heteroatoms. The van der Waals surface area contributed by atoms with Crippen LogP contribution in [0.2, 0.25) is 5.02 Å². The van der Waals surface area contributed by atoms with Gasteiger partial charge in [0.15, 0.2) is 0 Å². The molecule has 1 unspecified atom stereocenters. The Morgan fingerprint density at radius 1 is 1.27 bits per heavy atom. The molecule has 7 nitrogen and oxygen atoms in total. The van der Waals surface area contributed by atoms with Crippen molar-refractivity contribution in [3.05, 3.63) is 76.2 Å². The second kappa shape index (κ2) is 8.89. The zero-order chi connectivity index (χ0) is 21.1. The molecule has 0 aliphatic carbocycles. The summed E-state index contributed by atoms with van der Waals surface area (Å²) in [6.45, 7) is 3.92. The van der Waals surface area contributed by atoms with Gasteiger partial charge in [-0.15, -0.1) is 5.10 Å². The average molecular weight is 442 g/mol. The van der Waals surface area contributed by atoms with Gasteiger partial charge in [0.25, 0.3) is 0 Å². The molecular weight excluding hydrogens is 422 g/mol. The summed E-state index contributed by atoms with van der Waals surface area (Å²) in [5.41, 5.74) is 3.08. The third-order valence-corrected chi connectivity index (χ3v) is 5.92. The van der Waals surface area contributed by atoms with Crippen LogP contribution in [0.5, 0.6) is 0 Å². The number of rotatable bonds is 6. The lowest BCUT2D eigenvalue weighted by atomic mass is 9.97. The van der Waals surface area contributed by atoms with Crippen molar-refractivity contribution in [1.82, 2.24) is 19.7 Å². The van der Waals surface area contributed by atoms with Crippen molar-refractivity contribution >= 4 is 35.3 Å². The molecule has 1 N–H and O–H groups in total. The summed E-state index contributed by atoms with van der Waals surface area (Å²) in [6, 6.07) is 11.0. The molecule has 1 atom stereocenters. The van der Waals surface area contributed by atoms with Crippen LogP contribution in [0.1, 0.15) is 31.0 Å². The van der Waals surface area contributed by atoms with Gasteiger partial charge in [0.2, 0.25) is 11.1 Å². The number of nitrogens with zero attached hydrogens (tertiary/aromatic N) is 4. The highest BCUT2D eigenvalue weighted by molar-refractivity contribution is 7.98. The Kier molecular flexibility index (Phi) is 6.06. The van der Waals surface area contributed by atoms with Crippen molar-refractivity contribution in [2.45, 2.75) is 30.8 Å². The molecule has 30 heavy (non-hydrogen) atoms. The van der Waals surface area contributed by atoms with Gasteiger partial charge in [0.05, 0.1) is 12.2 Å². The van der Waals surface area contributed by atoms with Crippen molar-refractivity contribution < 1.29 is 9.53 Å². The number of anilines is 1. The number of thioether (sulfide) groups is 1. The van der Waals surface area contributed by atoms with Gasteiger partial charge < -0.3 is 10.1 Å². The maximum Gasteiger partial charge on any atom is 0.338 e. The van der Waals surface area contributed by atoms with E-state index in [2.05, 4.69) is 20.4 Å². The molecule has 1 aliphatic rings. The van der Waals surface area contributed by atoms with E-state index < -0.39 is 6.04 Å². The highest BCUT2D eigenvalue weighted by Gasteiger charge is 2.35. The van der Waals surface area contributed by atoms with Crippen molar-refractivity contribution in [1.29, 1.82) is 0 Å². The van der Waals surface area contributed by atoms with Crippen molar-refractivity contribution in [2.24, 2.45) is 0 Å². The highest BCUT2D eigenvalue weighted by atomic mass is 35.5. The molecule has 0 fully saturated rings. The van der Waals surface area contributed by atoms with Crippen LogP contribution in [-0.4, -0.2) is 32.3 Å². The Labute approximate surface area is 183 Å². The first-order valence-corrected chi connectivity index (χ1v) is 10.8. The number of carbonyl (C=O) groups is 1. The third-order valence-electron chi connectivity index (χ3n) is 4.66. The number of ether oxygens (including phenoxy) is 1. The van der Waals surface area contributed by atoms with E-state index in [1.165, 1.54) is 11.8 Å². The summed E-state index contributed by atoms with van der Waals surface area (Å²) in [4.78, 5) is 21.4. The van der Waals surface area contributed by atoms with Crippen LogP contribution in [0.3, 0.4) is 0 Å². The highest BCUT2D eigenvalue weighted by Crippen LogP contribution is 2.37. The molecule has 4 rings (SSSR count). The number of esters is 1. The maximum atomic E-state index is 12.7. The lowest BCUT2D eigenvalue weighted by Gasteiger charge is -2.27. The number of allylic oxidation sites excluding steroid dienone is 1. The van der Waals surface area contributed by atoms with Crippen molar-refractivity contribution in [3.8, 4) is 0 Å². The lowest BCUT2D eigenvalue weighted by Crippen LogP contribution is -2.29. The van der Waals surface area contributed by atoms with Crippen LogP contribution >= 0.6 is 23.4 Å². The predicted molar refractivity (Wildman–Crippen MR) is 116 cm³/mol. The molecule has 3 aromatic rings. The second-order valence-corrected chi connectivity index (χ2v) is 7.96. The quantitative estimate of drug-likeness (QED) is 0.446. The topological polar surface area (TPSA) is 81.9 Å². The fourth-order valence-electron chi connectivity index (χ4n) is 3.28. The Morgan fingerprint density at radius 3 is 2.77 bits per heavy atom. The normalized spacial score (nSPS) is 15.5. The van der Waals surface area contributed by atoms with Crippen molar-refractivity contribution in [3.63, 3.8) is 0 Å². The van der Waals surface area contributed by atoms with Gasteiger partial charge in [0.1, 0.15) is 6.04 Å². The Morgan fingerprint density at radius 2 is 2.03 bits per heavy atom. The standard InChI is InChI=1S/C21H20ClN5O2S/c1-3-29-19(28)17-13(2)24-20-25-21(30-12-15-6-4-5-7-16(15)22)26-27(20)18(17)14-8-10-23-11-9-14/h4-11,18H,3,12H2,1-2H3,(H,24,25,26). The summed E-state index contributed by atoms with van der Waals surface area (Å²) in [6.07, 6.45) is 3.39. The summed E-state index contributed by atoms with van der Waals surface area (Å²) < 4.78 is 7.04. The van der Waals surface area contributed by atoms with E-state index in [1.54, 1.807) is 24.0 Å². The Balaban J connectivity index is 1.68. The van der Waals surface area contributed by atoms with E-state index in [4.69, 9.17) is 16.3 Å². The van der Waals surface area contributed by atoms with Gasteiger partial charge in [-0.1, -0.05) is 41.6 Å². The molecule has 0 saturated carbocycles. The fourth-order valence-corrected chi connectivity index (χ4v) is 4.39. The number of fused-ring (bicyclic) bond motifs is 1. The van der Waals surface area contributed by atoms with E-state index in [-0.39, 0.29) is 5.97 Å². The molecule has 1 aliphatic heterocycles. The van der Waals surface area contributed by atoms with E-state index >= 15 is 0 Å². The van der Waals surface area contributed by atoms with Crippen LogP contribution in [0.4, 0.5) is 5.95 Å². The molecule has 0 amide bonds. The molecule has 1 aromatic carbocycles. The monoisotopic (exact) mass is 441 g/mol. The SMILES string of the molecule is CCOC(=O)C1=C(C)Nc2nc(SCc3ccccc3Cl)nn2C1c1ccncc1. The number of hydrogen-bond acceptors (Lipinski definition) is 7. The fraction of sp³-hybridized carbons (Fsp3) is 0.238. The van der Waals surface area contributed by atoms with Gasteiger partial charge in [-0.2, -0.15) is 4.98 Å². The molecular formula is C21H20ClN5O2S. The van der Waals surface area contributed by atoms with Crippen LogP contribution in [0, 0.1) is 0 Å². The van der Waals surface area contributed by atoms with E-state index in [0.717, 1.165) is 11.1 Å². The van der Waals surface area contributed by atoms with Crippen LogP contribution in [-0.2, 0) is 15.3 Å². The lowest BCUT2D eigenvalue weighted by molar-refractivity contribution is -0.139. The Hall–Kier alpha value is -2.84. The summed E-state index contributed by atoms with van der Waals surface area (Å²) >= 11 is 7.75. The largest absolute Gasteiger partial charge is 0.463 e. The summed E-state index contributed by atoms with van der Waals surface area (Å²) in [5, 5.41) is 9.18. The van der Waals surface area contributed by atoms with Crippen LogP contribution in [0.15, 0.2) is 65.2 Å².